The molecule has 2 aromatic carbocycles. The zero-order valence-corrected chi connectivity index (χ0v) is 23.1. The highest BCUT2D eigenvalue weighted by Crippen LogP contribution is 2.35. The molecule has 0 saturated heterocycles. The number of carbonyl (C=O) groups excluding carboxylic acids is 4. The predicted octanol–water partition coefficient (Wildman–Crippen LogP) is 6.10. The van der Waals surface area contributed by atoms with Gasteiger partial charge in [0, 0.05) is 18.2 Å². The fourth-order valence-electron chi connectivity index (χ4n) is 3.96. The van der Waals surface area contributed by atoms with E-state index in [1.54, 1.807) is 59.0 Å². The summed E-state index contributed by atoms with van der Waals surface area (Å²) in [6.45, 7) is 11.0. The van der Waals surface area contributed by atoms with Crippen LogP contribution in [0.5, 0.6) is 11.5 Å². The maximum absolute atomic E-state index is 13.1. The Morgan fingerprint density at radius 3 is 1.76 bits per heavy atom. The first-order valence-electron chi connectivity index (χ1n) is 12.7. The maximum atomic E-state index is 13.1. The van der Waals surface area contributed by atoms with E-state index in [4.69, 9.17) is 9.47 Å². The zero-order valence-electron chi connectivity index (χ0n) is 23.1. The summed E-state index contributed by atoms with van der Waals surface area (Å²) in [4.78, 5) is 52.9. The van der Waals surface area contributed by atoms with E-state index < -0.39 is 22.8 Å². The Bertz CT molecular complexity index is 1120. The molecule has 0 atom stereocenters. The number of benzene rings is 2. The van der Waals surface area contributed by atoms with Crippen LogP contribution in [-0.4, -0.2) is 42.1 Å². The number of ketones is 1. The molecule has 0 N–H and O–H groups in total. The van der Waals surface area contributed by atoms with Crippen molar-refractivity contribution in [1.29, 1.82) is 0 Å². The minimum atomic E-state index is -0.764. The minimum absolute atomic E-state index is 0.00212. The molecule has 0 aromatic heterocycles. The number of likely N-dealkylation sites (N-methyl/N-ethyl adjacent to an activating group) is 1. The van der Waals surface area contributed by atoms with E-state index in [1.165, 1.54) is 23.1 Å². The van der Waals surface area contributed by atoms with Crippen molar-refractivity contribution in [3.05, 3.63) is 59.7 Å². The van der Waals surface area contributed by atoms with Gasteiger partial charge in [0.15, 0.2) is 17.3 Å². The lowest BCUT2D eigenvalue weighted by Gasteiger charge is -2.24. The molecule has 0 bridgehead atoms. The second-order valence-corrected chi connectivity index (χ2v) is 10.7. The lowest BCUT2D eigenvalue weighted by molar-refractivity contribution is -0.147. The number of ether oxygens (including phenoxy) is 2. The molecule has 37 heavy (non-hydrogen) atoms. The molecule has 200 valence electrons. The second kappa shape index (κ2) is 12.7. The van der Waals surface area contributed by atoms with Crippen LogP contribution in [-0.2, 0) is 9.59 Å². The molecule has 0 fully saturated rings. The number of nitrogens with zero attached hydrogens (tertiary/aromatic N) is 1. The Kier molecular flexibility index (Phi) is 10.2. The van der Waals surface area contributed by atoms with Crippen LogP contribution in [0.15, 0.2) is 48.5 Å². The summed E-state index contributed by atoms with van der Waals surface area (Å²) in [5, 5.41) is 0. The molecular weight excluding hydrogens is 470 g/mol. The molecule has 2 rings (SSSR count). The number of hydrogen-bond donors (Lipinski definition) is 0. The molecule has 0 heterocycles. The van der Waals surface area contributed by atoms with Crippen molar-refractivity contribution in [3.8, 4) is 11.5 Å². The van der Waals surface area contributed by atoms with Crippen molar-refractivity contribution in [2.75, 3.05) is 13.6 Å². The molecule has 0 saturated carbocycles. The number of amides is 1. The Morgan fingerprint density at radius 2 is 1.24 bits per heavy atom. The van der Waals surface area contributed by atoms with E-state index in [0.717, 1.165) is 12.8 Å². The van der Waals surface area contributed by atoms with E-state index >= 15 is 0 Å². The Balaban J connectivity index is 2.34. The van der Waals surface area contributed by atoms with Gasteiger partial charge in [0.25, 0.3) is 5.91 Å². The average molecular weight is 510 g/mol. The largest absolute Gasteiger partial charge is 0.422 e. The van der Waals surface area contributed by atoms with Crippen molar-refractivity contribution in [2.24, 2.45) is 10.8 Å². The van der Waals surface area contributed by atoms with Crippen LogP contribution in [0.4, 0.5) is 0 Å². The first-order valence-corrected chi connectivity index (χ1v) is 12.7. The van der Waals surface area contributed by atoms with Gasteiger partial charge in [-0.25, -0.2) is 0 Å². The molecule has 0 unspecified atom stereocenters. The van der Waals surface area contributed by atoms with Crippen LogP contribution < -0.4 is 9.47 Å². The molecule has 7 heteroatoms. The van der Waals surface area contributed by atoms with Crippen molar-refractivity contribution in [1.82, 2.24) is 4.90 Å². The predicted molar refractivity (Wildman–Crippen MR) is 143 cm³/mol. The zero-order chi connectivity index (χ0) is 27.8. The van der Waals surface area contributed by atoms with Gasteiger partial charge < -0.3 is 14.4 Å². The van der Waals surface area contributed by atoms with E-state index in [2.05, 4.69) is 0 Å². The fraction of sp³-hybridized carbons (Fsp3) is 0.467. The topological polar surface area (TPSA) is 90.0 Å². The van der Waals surface area contributed by atoms with Gasteiger partial charge in [-0.2, -0.15) is 0 Å². The van der Waals surface area contributed by atoms with Crippen LogP contribution in [0.25, 0.3) is 0 Å². The SMILES string of the molecule is CCCC(C)(C)C(=O)Oc1ccc(C(=O)CN(C)C(=O)c2ccccc2)cc1OC(=O)C(C)(C)CCC. The molecule has 0 radical (unpaired) electrons. The van der Waals surface area contributed by atoms with Gasteiger partial charge in [-0.1, -0.05) is 44.9 Å². The highest BCUT2D eigenvalue weighted by Gasteiger charge is 2.32. The van der Waals surface area contributed by atoms with Crippen molar-refractivity contribution >= 4 is 23.6 Å². The summed E-state index contributed by atoms with van der Waals surface area (Å²) in [6.07, 6.45) is 2.82. The molecule has 0 spiro atoms. The summed E-state index contributed by atoms with van der Waals surface area (Å²) < 4.78 is 11.4. The van der Waals surface area contributed by atoms with Crippen LogP contribution in [0.3, 0.4) is 0 Å². The van der Waals surface area contributed by atoms with Crippen LogP contribution in [0.2, 0.25) is 0 Å². The van der Waals surface area contributed by atoms with Crippen molar-refractivity contribution in [3.63, 3.8) is 0 Å². The normalized spacial score (nSPS) is 11.5. The Labute approximate surface area is 220 Å². The van der Waals surface area contributed by atoms with Gasteiger partial charge in [-0.15, -0.1) is 0 Å². The van der Waals surface area contributed by atoms with Gasteiger partial charge in [0.1, 0.15) is 0 Å². The molecular formula is C30H39NO6. The Morgan fingerprint density at radius 1 is 0.730 bits per heavy atom. The molecule has 1 amide bonds. The monoisotopic (exact) mass is 509 g/mol. The van der Waals surface area contributed by atoms with E-state index in [1.807, 2.05) is 19.9 Å². The maximum Gasteiger partial charge on any atom is 0.317 e. The summed E-state index contributed by atoms with van der Waals surface area (Å²) in [5.74, 6) is -1.50. The fourth-order valence-corrected chi connectivity index (χ4v) is 3.96. The molecule has 7 nitrogen and oxygen atoms in total. The highest BCUT2D eigenvalue weighted by atomic mass is 16.6. The van der Waals surface area contributed by atoms with Gasteiger partial charge in [0.05, 0.1) is 17.4 Å². The number of rotatable bonds is 12. The van der Waals surface area contributed by atoms with Crippen molar-refractivity contribution in [2.45, 2.75) is 67.2 Å². The average Bonchev–Trinajstić information content (AvgIpc) is 2.84. The molecule has 0 aliphatic carbocycles. The van der Waals surface area contributed by atoms with Crippen LogP contribution >= 0.6 is 0 Å². The summed E-state index contributed by atoms with van der Waals surface area (Å²) in [7, 11) is 1.55. The van der Waals surface area contributed by atoms with Gasteiger partial charge >= 0.3 is 11.9 Å². The second-order valence-electron chi connectivity index (χ2n) is 10.7. The summed E-state index contributed by atoms with van der Waals surface area (Å²) >= 11 is 0. The van der Waals surface area contributed by atoms with Crippen LogP contribution in [0.1, 0.15) is 87.9 Å². The smallest absolute Gasteiger partial charge is 0.317 e. The van der Waals surface area contributed by atoms with Gasteiger partial charge in [-0.05, 0) is 70.9 Å². The third-order valence-electron chi connectivity index (χ3n) is 6.27. The number of Topliss-reactive ketones (excluding diaryl/α,β-unsaturated/α-hetero) is 1. The van der Waals surface area contributed by atoms with Crippen LogP contribution in [0, 0.1) is 10.8 Å². The van der Waals surface area contributed by atoms with Crippen molar-refractivity contribution < 1.29 is 28.7 Å². The Hall–Kier alpha value is -3.48. The quantitative estimate of drug-likeness (QED) is 0.195. The number of hydrogen-bond acceptors (Lipinski definition) is 6. The first-order chi connectivity index (χ1) is 17.3. The van der Waals surface area contributed by atoms with Gasteiger partial charge in [-0.3, -0.25) is 19.2 Å². The van der Waals surface area contributed by atoms with Gasteiger partial charge in [0.2, 0.25) is 0 Å². The minimum Gasteiger partial charge on any atom is -0.422 e. The number of carbonyl (C=O) groups is 4. The molecule has 2 aromatic rings. The highest BCUT2D eigenvalue weighted by molar-refractivity contribution is 6.02. The number of esters is 2. The standard InChI is InChI=1S/C30H39NO6/c1-8-17-29(3,4)27(34)36-24-16-15-22(19-25(24)37-28(35)30(5,6)18-9-2)23(32)20-31(7)26(33)21-13-11-10-12-14-21/h10-16,19H,8-9,17-18,20H2,1-7H3. The lowest BCUT2D eigenvalue weighted by Crippen LogP contribution is -2.32. The summed E-state index contributed by atoms with van der Waals surface area (Å²) in [5.41, 5.74) is -0.786. The molecule has 0 aliphatic heterocycles. The third-order valence-corrected chi connectivity index (χ3v) is 6.27. The van der Waals surface area contributed by atoms with E-state index in [-0.39, 0.29) is 35.3 Å². The summed E-state index contributed by atoms with van der Waals surface area (Å²) in [6, 6.07) is 13.1. The lowest BCUT2D eigenvalue weighted by atomic mass is 9.88. The van der Waals surface area contributed by atoms with E-state index in [0.29, 0.717) is 18.4 Å². The molecule has 0 aliphatic rings. The third kappa shape index (κ3) is 8.00. The van der Waals surface area contributed by atoms with E-state index in [9.17, 15) is 19.2 Å². The first kappa shape index (κ1) is 29.7.